The number of esters is 1. The van der Waals surface area contributed by atoms with Crippen molar-refractivity contribution in [3.8, 4) is 0 Å². The van der Waals surface area contributed by atoms with Crippen molar-refractivity contribution < 1.29 is 9.53 Å². The molecular weight excluding hydrogens is 152 g/mol. The molecule has 0 aromatic heterocycles. The lowest BCUT2D eigenvalue weighted by Crippen LogP contribution is -2.20. The Morgan fingerprint density at radius 3 is 2.42 bits per heavy atom. The summed E-state index contributed by atoms with van der Waals surface area (Å²) in [5.74, 6) is 0.401. The highest BCUT2D eigenvalue weighted by molar-refractivity contribution is 5.72. The molecule has 0 bridgehead atoms. The Balaban J connectivity index is 3.75. The highest BCUT2D eigenvalue weighted by atomic mass is 16.5. The van der Waals surface area contributed by atoms with Crippen LogP contribution in [0.25, 0.3) is 0 Å². The van der Waals surface area contributed by atoms with E-state index in [-0.39, 0.29) is 11.9 Å². The van der Waals surface area contributed by atoms with E-state index < -0.39 is 0 Å². The third-order valence-electron chi connectivity index (χ3n) is 2.44. The molecule has 0 aromatic rings. The van der Waals surface area contributed by atoms with Crippen molar-refractivity contribution in [3.05, 3.63) is 0 Å². The second kappa shape index (κ2) is 6.04. The first kappa shape index (κ1) is 11.5. The van der Waals surface area contributed by atoms with Gasteiger partial charge >= 0.3 is 5.97 Å². The molecule has 0 heterocycles. The smallest absolute Gasteiger partial charge is 0.308 e. The number of hydrogen-bond donors (Lipinski definition) is 0. The fraction of sp³-hybridized carbons (Fsp3) is 0.900. The van der Waals surface area contributed by atoms with Crippen LogP contribution in [0.2, 0.25) is 0 Å². The van der Waals surface area contributed by atoms with Gasteiger partial charge < -0.3 is 4.74 Å². The summed E-state index contributed by atoms with van der Waals surface area (Å²) in [6.45, 7) is 6.21. The van der Waals surface area contributed by atoms with Crippen molar-refractivity contribution in [2.45, 2.75) is 40.0 Å². The molecule has 2 atom stereocenters. The van der Waals surface area contributed by atoms with Crippen LogP contribution in [0.5, 0.6) is 0 Å². The Bertz CT molecular complexity index is 132. The van der Waals surface area contributed by atoms with Gasteiger partial charge in [0.05, 0.1) is 13.0 Å². The minimum Gasteiger partial charge on any atom is -0.469 e. The van der Waals surface area contributed by atoms with Gasteiger partial charge in [0.15, 0.2) is 0 Å². The van der Waals surface area contributed by atoms with Gasteiger partial charge in [0, 0.05) is 0 Å². The summed E-state index contributed by atoms with van der Waals surface area (Å²) in [7, 11) is 1.45. The minimum absolute atomic E-state index is 0.0431. The molecule has 0 aliphatic rings. The Morgan fingerprint density at radius 2 is 2.00 bits per heavy atom. The molecule has 12 heavy (non-hydrogen) atoms. The van der Waals surface area contributed by atoms with Gasteiger partial charge in [0.25, 0.3) is 0 Å². The van der Waals surface area contributed by atoms with E-state index in [9.17, 15) is 4.79 Å². The summed E-state index contributed by atoms with van der Waals surface area (Å²) >= 11 is 0. The fourth-order valence-corrected chi connectivity index (χ4v) is 1.19. The maximum atomic E-state index is 11.1. The van der Waals surface area contributed by atoms with E-state index in [4.69, 9.17) is 0 Å². The van der Waals surface area contributed by atoms with E-state index in [1.54, 1.807) is 0 Å². The summed E-state index contributed by atoms with van der Waals surface area (Å²) in [6, 6.07) is 0. The third kappa shape index (κ3) is 3.74. The van der Waals surface area contributed by atoms with E-state index in [0.717, 1.165) is 6.42 Å². The molecule has 0 N–H and O–H groups in total. The number of carbonyl (C=O) groups is 1. The van der Waals surface area contributed by atoms with Crippen molar-refractivity contribution in [2.75, 3.05) is 7.11 Å². The monoisotopic (exact) mass is 172 g/mol. The van der Waals surface area contributed by atoms with Gasteiger partial charge in [-0.1, -0.05) is 33.6 Å². The van der Waals surface area contributed by atoms with Crippen LogP contribution in [0.15, 0.2) is 0 Å². The van der Waals surface area contributed by atoms with E-state index in [2.05, 4.69) is 18.6 Å². The van der Waals surface area contributed by atoms with Gasteiger partial charge in [-0.2, -0.15) is 0 Å². The Kier molecular flexibility index (Phi) is 5.77. The predicted octanol–water partition coefficient (Wildman–Crippen LogP) is 2.62. The van der Waals surface area contributed by atoms with E-state index in [0.29, 0.717) is 5.92 Å². The van der Waals surface area contributed by atoms with Crippen LogP contribution < -0.4 is 0 Å². The van der Waals surface area contributed by atoms with Gasteiger partial charge in [-0.15, -0.1) is 0 Å². The molecule has 0 radical (unpaired) electrons. The maximum absolute atomic E-state index is 11.1. The van der Waals surface area contributed by atoms with Crippen molar-refractivity contribution in [1.29, 1.82) is 0 Å². The van der Waals surface area contributed by atoms with Gasteiger partial charge in [-0.25, -0.2) is 0 Å². The van der Waals surface area contributed by atoms with Crippen molar-refractivity contribution in [3.63, 3.8) is 0 Å². The van der Waals surface area contributed by atoms with Gasteiger partial charge in [0.2, 0.25) is 0 Å². The molecule has 72 valence electrons. The summed E-state index contributed by atoms with van der Waals surface area (Å²) < 4.78 is 4.67. The lowest BCUT2D eigenvalue weighted by atomic mass is 9.91. The molecule has 2 unspecified atom stereocenters. The molecule has 0 fully saturated rings. The van der Waals surface area contributed by atoms with Crippen LogP contribution in [-0.2, 0) is 9.53 Å². The van der Waals surface area contributed by atoms with Crippen LogP contribution >= 0.6 is 0 Å². The number of hydrogen-bond acceptors (Lipinski definition) is 2. The highest BCUT2D eigenvalue weighted by Crippen LogP contribution is 2.18. The second-order valence-corrected chi connectivity index (χ2v) is 3.43. The Hall–Kier alpha value is -0.530. The largest absolute Gasteiger partial charge is 0.469 e. The topological polar surface area (TPSA) is 26.3 Å². The van der Waals surface area contributed by atoms with Crippen molar-refractivity contribution >= 4 is 5.97 Å². The van der Waals surface area contributed by atoms with E-state index in [1.807, 2.05) is 6.92 Å². The molecule has 2 nitrogen and oxygen atoms in total. The Labute approximate surface area is 75.3 Å². The lowest BCUT2D eigenvalue weighted by molar-refractivity contribution is -0.146. The second-order valence-electron chi connectivity index (χ2n) is 3.43. The summed E-state index contributed by atoms with van der Waals surface area (Å²) in [4.78, 5) is 11.1. The number of ether oxygens (including phenoxy) is 1. The molecule has 0 saturated carbocycles. The molecule has 0 amide bonds. The lowest BCUT2D eigenvalue weighted by Gasteiger charge is -2.16. The fourth-order valence-electron chi connectivity index (χ4n) is 1.19. The zero-order chi connectivity index (χ0) is 9.56. The predicted molar refractivity (Wildman–Crippen MR) is 49.9 cm³/mol. The average molecular weight is 172 g/mol. The van der Waals surface area contributed by atoms with Gasteiger partial charge in [-0.3, -0.25) is 4.79 Å². The number of rotatable bonds is 5. The first-order valence-electron chi connectivity index (χ1n) is 4.71. The molecule has 0 saturated heterocycles. The summed E-state index contributed by atoms with van der Waals surface area (Å²) in [6.07, 6.45) is 3.51. The summed E-state index contributed by atoms with van der Waals surface area (Å²) in [5, 5.41) is 0. The quantitative estimate of drug-likeness (QED) is 0.596. The minimum atomic E-state index is -0.0846. The van der Waals surface area contributed by atoms with E-state index in [1.165, 1.54) is 20.0 Å². The molecule has 0 aliphatic carbocycles. The summed E-state index contributed by atoms with van der Waals surface area (Å²) in [5.41, 5.74) is 0. The zero-order valence-electron chi connectivity index (χ0n) is 8.59. The van der Waals surface area contributed by atoms with Gasteiger partial charge in [-0.05, 0) is 12.3 Å². The third-order valence-corrected chi connectivity index (χ3v) is 2.44. The molecule has 0 aromatic carbocycles. The molecule has 0 aliphatic heterocycles. The Morgan fingerprint density at radius 1 is 1.42 bits per heavy atom. The zero-order valence-corrected chi connectivity index (χ0v) is 8.59. The standard InChI is InChI=1S/C10H20O2/c1-5-6-7-8(2)9(3)10(11)12-4/h8-9H,5-7H2,1-4H3. The SMILES string of the molecule is CCCCC(C)C(C)C(=O)OC. The van der Waals surface area contributed by atoms with Crippen LogP contribution in [-0.4, -0.2) is 13.1 Å². The number of methoxy groups -OCH3 is 1. The maximum Gasteiger partial charge on any atom is 0.308 e. The van der Waals surface area contributed by atoms with Crippen molar-refractivity contribution in [2.24, 2.45) is 11.8 Å². The highest BCUT2D eigenvalue weighted by Gasteiger charge is 2.19. The average Bonchev–Trinajstić information content (AvgIpc) is 2.11. The van der Waals surface area contributed by atoms with E-state index >= 15 is 0 Å². The number of carbonyl (C=O) groups excluding carboxylic acids is 1. The van der Waals surface area contributed by atoms with Gasteiger partial charge in [0.1, 0.15) is 0 Å². The normalized spacial score (nSPS) is 15.3. The van der Waals surface area contributed by atoms with Crippen LogP contribution in [0.3, 0.4) is 0 Å². The van der Waals surface area contributed by atoms with Crippen molar-refractivity contribution in [1.82, 2.24) is 0 Å². The van der Waals surface area contributed by atoms with Crippen LogP contribution in [0.1, 0.15) is 40.0 Å². The molecule has 2 heteroatoms. The molecule has 0 rings (SSSR count). The molecular formula is C10H20O2. The molecule has 0 spiro atoms. The van der Waals surface area contributed by atoms with Crippen LogP contribution in [0.4, 0.5) is 0 Å². The first-order valence-corrected chi connectivity index (χ1v) is 4.71. The van der Waals surface area contributed by atoms with Crippen LogP contribution in [0, 0.1) is 11.8 Å². The number of unbranched alkanes of at least 4 members (excludes halogenated alkanes) is 1. The first-order chi connectivity index (χ1) is 5.63.